The molecule has 6 aromatic rings. The molecule has 0 saturated carbocycles. The first-order chi connectivity index (χ1) is 30.3. The second kappa shape index (κ2) is 15.5. The van der Waals surface area contributed by atoms with Crippen LogP contribution in [-0.4, -0.2) is 87.7 Å². The number of carbonyl (C=O) groups excluding carboxylic acids is 4. The largest absolute Gasteiger partial charge is 0.368 e. The number of primary amides is 1. The number of piperidine rings is 2. The SMILES string of the molecule is Cc1cc2c(C(=O)N3CCC4(CC3)OCc3ccccc34)cn(C(C(=O)N(C)C)C(C(N)=O)n3cc(C(=O)N4CCC5(CC4)OCc4ccccc45)c4ccc(Cl)cc43)c2cc1Cl. The Hall–Kier alpha value is -5.66. The normalized spacial score (nSPS) is 18.5. The summed E-state index contributed by atoms with van der Waals surface area (Å²) in [6.07, 6.45) is 5.79. The maximum Gasteiger partial charge on any atom is 0.256 e. The minimum absolute atomic E-state index is 0.214. The fourth-order valence-corrected chi connectivity index (χ4v) is 10.9. The number of aryl methyl sites for hydroxylation is 1. The Kier molecular flexibility index (Phi) is 10.2. The quantitative estimate of drug-likeness (QED) is 0.174. The first-order valence-electron chi connectivity index (χ1n) is 21.4. The van der Waals surface area contributed by atoms with E-state index in [-0.39, 0.29) is 11.8 Å². The lowest BCUT2D eigenvalue weighted by atomic mass is 9.83. The lowest BCUT2D eigenvalue weighted by molar-refractivity contribution is -0.137. The molecule has 12 nitrogen and oxygen atoms in total. The van der Waals surface area contributed by atoms with Crippen LogP contribution in [0.15, 0.2) is 91.3 Å². The minimum atomic E-state index is -1.39. The molecule has 2 aromatic heterocycles. The summed E-state index contributed by atoms with van der Waals surface area (Å²) < 4.78 is 16.0. The van der Waals surface area contributed by atoms with Crippen molar-refractivity contribution in [2.75, 3.05) is 40.3 Å². The number of likely N-dealkylation sites (tertiary alicyclic amines) is 2. The molecule has 2 saturated heterocycles. The Labute approximate surface area is 375 Å². The van der Waals surface area contributed by atoms with E-state index < -0.39 is 35.1 Å². The van der Waals surface area contributed by atoms with Gasteiger partial charge in [0.15, 0.2) is 0 Å². The molecule has 0 aliphatic carbocycles. The van der Waals surface area contributed by atoms with Crippen molar-refractivity contribution in [3.05, 3.63) is 140 Å². The topological polar surface area (TPSA) is 132 Å². The lowest BCUT2D eigenvalue weighted by Gasteiger charge is -2.39. The van der Waals surface area contributed by atoms with Crippen molar-refractivity contribution in [2.24, 2.45) is 5.73 Å². The number of nitrogens with two attached hydrogens (primary N) is 1. The van der Waals surface area contributed by atoms with Crippen molar-refractivity contribution in [1.82, 2.24) is 23.8 Å². The molecular formula is C49H48Cl2N6O6. The van der Waals surface area contributed by atoms with Crippen molar-refractivity contribution in [3.63, 3.8) is 0 Å². The zero-order valence-corrected chi connectivity index (χ0v) is 36.9. The van der Waals surface area contributed by atoms with Gasteiger partial charge in [-0.25, -0.2) is 0 Å². The number of amides is 4. The van der Waals surface area contributed by atoms with Gasteiger partial charge in [-0.2, -0.15) is 0 Å². The van der Waals surface area contributed by atoms with E-state index in [1.807, 2.05) is 47.1 Å². The molecule has 14 heteroatoms. The zero-order chi connectivity index (χ0) is 43.9. The third-order valence-corrected chi connectivity index (χ3v) is 14.6. The molecule has 2 atom stereocenters. The highest BCUT2D eigenvalue weighted by molar-refractivity contribution is 6.32. The molecule has 4 amide bonds. The first kappa shape index (κ1) is 41.4. The van der Waals surface area contributed by atoms with Crippen LogP contribution in [0.5, 0.6) is 0 Å². The summed E-state index contributed by atoms with van der Waals surface area (Å²) in [4.78, 5) is 63.2. The summed E-state index contributed by atoms with van der Waals surface area (Å²) in [7, 11) is 3.20. The van der Waals surface area contributed by atoms with E-state index in [1.165, 1.54) is 27.2 Å². The number of benzene rings is 4. The standard InChI is InChI=1S/C49H48Cl2N6O6/c1-29-22-34-36(46(60)55-20-16-49(17-21-55)38-11-7-5-9-31(38)28-63-49)26-57(41(34)24-39(29)51)43(47(61)53(2)3)42(44(52)58)56-25-35(33-13-12-32(50)23-40(33)56)45(59)54-18-14-48(15-19-54)37-10-6-4-8-30(37)27-62-48/h4-13,22-26,42-43H,14-21,27-28H2,1-3H3,(H2,52,58). The number of fused-ring (bicyclic) bond motifs is 6. The fraction of sp³-hybridized carbons (Fsp3) is 0.347. The Balaban J connectivity index is 1.03. The summed E-state index contributed by atoms with van der Waals surface area (Å²) in [5.41, 5.74) is 12.6. The number of halogens is 2. The molecule has 0 radical (unpaired) electrons. The number of aromatic nitrogens is 2. The molecule has 324 valence electrons. The Morgan fingerprint density at radius 2 is 1.16 bits per heavy atom. The van der Waals surface area contributed by atoms with Crippen molar-refractivity contribution in [2.45, 2.75) is 69.1 Å². The van der Waals surface area contributed by atoms with E-state index in [4.69, 9.17) is 38.4 Å². The molecule has 4 aromatic carbocycles. The third-order valence-electron chi connectivity index (χ3n) is 14.0. The lowest BCUT2D eigenvalue weighted by Crippen LogP contribution is -2.45. The van der Waals surface area contributed by atoms with E-state index in [0.717, 1.165) is 5.56 Å². The predicted octanol–water partition coefficient (Wildman–Crippen LogP) is 7.89. The second-order valence-corrected chi connectivity index (χ2v) is 18.5. The fourth-order valence-electron chi connectivity index (χ4n) is 10.6. The number of rotatable bonds is 7. The zero-order valence-electron chi connectivity index (χ0n) is 35.4. The average molecular weight is 888 g/mol. The number of nitrogens with zero attached hydrogens (tertiary/aromatic N) is 5. The van der Waals surface area contributed by atoms with Crippen molar-refractivity contribution in [3.8, 4) is 0 Å². The van der Waals surface area contributed by atoms with Gasteiger partial charge >= 0.3 is 0 Å². The van der Waals surface area contributed by atoms with E-state index in [2.05, 4.69) is 24.3 Å². The van der Waals surface area contributed by atoms with Crippen LogP contribution in [0.2, 0.25) is 10.0 Å². The molecule has 10 rings (SSSR count). The number of hydrogen-bond donors (Lipinski definition) is 1. The number of likely N-dealkylation sites (N-methyl/N-ethyl adjacent to an activating group) is 1. The highest BCUT2D eigenvalue weighted by Gasteiger charge is 2.46. The summed E-state index contributed by atoms with van der Waals surface area (Å²) in [6.45, 7) is 4.78. The van der Waals surface area contributed by atoms with Crippen molar-refractivity contribution >= 4 is 68.6 Å². The van der Waals surface area contributed by atoms with Gasteiger partial charge in [-0.05, 0) is 84.7 Å². The molecule has 0 bridgehead atoms. The van der Waals surface area contributed by atoms with Crippen LogP contribution < -0.4 is 5.73 Å². The van der Waals surface area contributed by atoms with Gasteiger partial charge in [0.2, 0.25) is 11.8 Å². The molecule has 4 aliphatic rings. The smallest absolute Gasteiger partial charge is 0.256 e. The second-order valence-electron chi connectivity index (χ2n) is 17.7. The molecule has 4 aliphatic heterocycles. The van der Waals surface area contributed by atoms with Gasteiger partial charge in [0, 0.05) is 73.5 Å². The highest BCUT2D eigenvalue weighted by Crippen LogP contribution is 2.46. The molecule has 2 unspecified atom stereocenters. The molecular weight excluding hydrogens is 839 g/mol. The summed E-state index contributed by atoms with van der Waals surface area (Å²) in [6, 6.07) is 22.5. The van der Waals surface area contributed by atoms with Gasteiger partial charge in [0.05, 0.1) is 46.6 Å². The monoisotopic (exact) mass is 886 g/mol. The van der Waals surface area contributed by atoms with Gasteiger partial charge < -0.3 is 39.0 Å². The predicted molar refractivity (Wildman–Crippen MR) is 241 cm³/mol. The van der Waals surface area contributed by atoms with E-state index >= 15 is 0 Å². The van der Waals surface area contributed by atoms with E-state index in [9.17, 15) is 19.2 Å². The third kappa shape index (κ3) is 6.72. The van der Waals surface area contributed by atoms with Gasteiger partial charge in [-0.3, -0.25) is 19.2 Å². The maximum absolute atomic E-state index is 14.7. The highest BCUT2D eigenvalue weighted by atomic mass is 35.5. The van der Waals surface area contributed by atoms with Crippen LogP contribution in [-0.2, 0) is 43.5 Å². The molecule has 63 heavy (non-hydrogen) atoms. The van der Waals surface area contributed by atoms with Gasteiger partial charge in [0.25, 0.3) is 11.8 Å². The van der Waals surface area contributed by atoms with Gasteiger partial charge in [0.1, 0.15) is 12.1 Å². The number of hydrogen-bond acceptors (Lipinski definition) is 6. The maximum atomic E-state index is 14.7. The molecule has 2 spiro atoms. The van der Waals surface area contributed by atoms with Crippen LogP contribution in [0.4, 0.5) is 0 Å². The van der Waals surface area contributed by atoms with Crippen LogP contribution >= 0.6 is 23.2 Å². The van der Waals surface area contributed by atoms with Gasteiger partial charge in [-0.15, -0.1) is 0 Å². The van der Waals surface area contributed by atoms with Crippen molar-refractivity contribution < 1.29 is 28.7 Å². The number of ether oxygens (including phenoxy) is 2. The summed E-state index contributed by atoms with van der Waals surface area (Å²) in [5.74, 6) is -1.72. The average Bonchev–Trinajstić information content (AvgIpc) is 4.04. The van der Waals surface area contributed by atoms with Gasteiger partial charge in [-0.1, -0.05) is 77.8 Å². The summed E-state index contributed by atoms with van der Waals surface area (Å²) >= 11 is 13.4. The molecule has 2 fully saturated rings. The van der Waals surface area contributed by atoms with Crippen molar-refractivity contribution in [1.29, 1.82) is 0 Å². The number of carbonyl (C=O) groups is 4. The first-order valence-corrected chi connectivity index (χ1v) is 22.2. The summed E-state index contributed by atoms with van der Waals surface area (Å²) in [5, 5.41) is 1.92. The Morgan fingerprint density at radius 1 is 0.667 bits per heavy atom. The van der Waals surface area contributed by atoms with E-state index in [1.54, 1.807) is 59.9 Å². The molecule has 2 N–H and O–H groups in total. The van der Waals surface area contributed by atoms with E-state index in [0.29, 0.717) is 108 Å². The minimum Gasteiger partial charge on any atom is -0.368 e. The Bertz CT molecular complexity index is 2870. The van der Waals surface area contributed by atoms with Crippen LogP contribution in [0.25, 0.3) is 21.8 Å². The Morgan fingerprint density at radius 3 is 1.68 bits per heavy atom. The molecule has 6 heterocycles. The van der Waals surface area contributed by atoms with Crippen LogP contribution in [0.1, 0.15) is 86.3 Å². The van der Waals surface area contributed by atoms with Crippen LogP contribution in [0.3, 0.4) is 0 Å². The van der Waals surface area contributed by atoms with Crippen LogP contribution in [0, 0.1) is 6.92 Å².